The van der Waals surface area contributed by atoms with Gasteiger partial charge in [0.1, 0.15) is 0 Å². The maximum Gasteiger partial charge on any atom is 0.160 e. The molecule has 0 amide bonds. The normalized spacial score (nSPS) is 27.2. The van der Waals surface area contributed by atoms with Gasteiger partial charge in [0.05, 0.1) is 7.11 Å². The Morgan fingerprint density at radius 1 is 1.32 bits per heavy atom. The highest BCUT2D eigenvalue weighted by molar-refractivity contribution is 5.41. The highest BCUT2D eigenvalue weighted by Gasteiger charge is 2.26. The van der Waals surface area contributed by atoms with Gasteiger partial charge in [0.15, 0.2) is 11.5 Å². The molecule has 1 aromatic rings. The number of methoxy groups -OCH3 is 1. The Morgan fingerprint density at radius 3 is 2.79 bits per heavy atom. The van der Waals surface area contributed by atoms with Crippen LogP contribution in [0.5, 0.6) is 11.5 Å². The summed E-state index contributed by atoms with van der Waals surface area (Å²) in [4.78, 5) is 0. The molecule has 0 heterocycles. The van der Waals surface area contributed by atoms with Crippen molar-refractivity contribution in [1.29, 1.82) is 0 Å². The molecular weight excluding hydrogens is 238 g/mol. The molecule has 0 spiro atoms. The van der Waals surface area contributed by atoms with E-state index in [0.717, 1.165) is 23.9 Å². The van der Waals surface area contributed by atoms with Crippen molar-refractivity contribution < 1.29 is 9.84 Å². The highest BCUT2D eigenvalue weighted by atomic mass is 16.5. The molecule has 1 aromatic carbocycles. The van der Waals surface area contributed by atoms with E-state index in [1.807, 2.05) is 12.1 Å². The van der Waals surface area contributed by atoms with Crippen LogP contribution >= 0.6 is 0 Å². The topological polar surface area (TPSA) is 41.5 Å². The van der Waals surface area contributed by atoms with Crippen molar-refractivity contribution in [1.82, 2.24) is 5.32 Å². The zero-order valence-electron chi connectivity index (χ0n) is 12.1. The van der Waals surface area contributed by atoms with Crippen molar-refractivity contribution in [2.75, 3.05) is 7.11 Å². The van der Waals surface area contributed by atoms with Gasteiger partial charge < -0.3 is 15.2 Å². The molecule has 106 valence electrons. The summed E-state index contributed by atoms with van der Waals surface area (Å²) in [6, 6.07) is 6.19. The van der Waals surface area contributed by atoms with Gasteiger partial charge in [0.2, 0.25) is 0 Å². The van der Waals surface area contributed by atoms with E-state index >= 15 is 0 Å². The first-order chi connectivity index (χ1) is 9.11. The first-order valence-electron chi connectivity index (χ1n) is 7.21. The summed E-state index contributed by atoms with van der Waals surface area (Å²) in [7, 11) is 1.57. The smallest absolute Gasteiger partial charge is 0.160 e. The summed E-state index contributed by atoms with van der Waals surface area (Å²) in [6.45, 7) is 5.49. The van der Waals surface area contributed by atoms with E-state index in [2.05, 4.69) is 19.2 Å². The molecule has 0 aliphatic heterocycles. The van der Waals surface area contributed by atoms with Crippen LogP contribution in [0, 0.1) is 11.8 Å². The Bertz CT molecular complexity index is 419. The van der Waals surface area contributed by atoms with Gasteiger partial charge in [-0.3, -0.25) is 0 Å². The number of benzene rings is 1. The van der Waals surface area contributed by atoms with Gasteiger partial charge in [-0.2, -0.15) is 0 Å². The number of hydrogen-bond donors (Lipinski definition) is 2. The van der Waals surface area contributed by atoms with Crippen molar-refractivity contribution in [3.63, 3.8) is 0 Å². The van der Waals surface area contributed by atoms with Crippen molar-refractivity contribution in [3.05, 3.63) is 23.8 Å². The lowest BCUT2D eigenvalue weighted by atomic mass is 9.78. The molecule has 0 saturated heterocycles. The second-order valence-corrected chi connectivity index (χ2v) is 5.76. The quantitative estimate of drug-likeness (QED) is 0.875. The van der Waals surface area contributed by atoms with Crippen LogP contribution in [0.2, 0.25) is 0 Å². The van der Waals surface area contributed by atoms with E-state index < -0.39 is 0 Å². The summed E-state index contributed by atoms with van der Waals surface area (Å²) in [5, 5.41) is 13.4. The van der Waals surface area contributed by atoms with Crippen LogP contribution in [0.4, 0.5) is 0 Å². The maximum atomic E-state index is 9.77. The molecule has 0 bridgehead atoms. The summed E-state index contributed by atoms with van der Waals surface area (Å²) >= 11 is 0. The minimum Gasteiger partial charge on any atom is -0.504 e. The summed E-state index contributed by atoms with van der Waals surface area (Å²) in [5.74, 6) is 2.27. The highest BCUT2D eigenvalue weighted by Crippen LogP contribution is 2.30. The lowest BCUT2D eigenvalue weighted by Gasteiger charge is -2.34. The number of rotatable bonds is 4. The van der Waals surface area contributed by atoms with Gasteiger partial charge >= 0.3 is 0 Å². The van der Waals surface area contributed by atoms with Gasteiger partial charge in [0, 0.05) is 12.6 Å². The Kier molecular flexibility index (Phi) is 4.70. The number of nitrogens with one attached hydrogen (secondary N) is 1. The SMILES string of the molecule is COc1ccc(CNC2CCCC(C)C2C)cc1O. The third-order valence-electron chi connectivity index (χ3n) is 4.52. The fraction of sp³-hybridized carbons (Fsp3) is 0.625. The van der Waals surface area contributed by atoms with Crippen LogP contribution in [-0.2, 0) is 6.54 Å². The van der Waals surface area contributed by atoms with Gasteiger partial charge in [-0.25, -0.2) is 0 Å². The van der Waals surface area contributed by atoms with E-state index in [9.17, 15) is 5.11 Å². The van der Waals surface area contributed by atoms with Gasteiger partial charge in [-0.15, -0.1) is 0 Å². The zero-order chi connectivity index (χ0) is 13.8. The van der Waals surface area contributed by atoms with Gasteiger partial charge in [0.25, 0.3) is 0 Å². The van der Waals surface area contributed by atoms with Crippen LogP contribution in [0.15, 0.2) is 18.2 Å². The van der Waals surface area contributed by atoms with Crippen molar-refractivity contribution in [2.24, 2.45) is 11.8 Å². The fourth-order valence-electron chi connectivity index (χ4n) is 2.96. The van der Waals surface area contributed by atoms with E-state index in [0.29, 0.717) is 11.8 Å². The van der Waals surface area contributed by atoms with E-state index in [1.165, 1.54) is 19.3 Å². The molecule has 1 fully saturated rings. The number of phenolic OH excluding ortho intramolecular Hbond substituents is 1. The number of phenols is 1. The number of ether oxygens (including phenoxy) is 1. The Hall–Kier alpha value is -1.22. The first kappa shape index (κ1) is 14.2. The lowest BCUT2D eigenvalue weighted by Crippen LogP contribution is -2.40. The van der Waals surface area contributed by atoms with E-state index in [4.69, 9.17) is 4.74 Å². The molecule has 1 saturated carbocycles. The van der Waals surface area contributed by atoms with Crippen LogP contribution in [0.1, 0.15) is 38.7 Å². The predicted molar refractivity (Wildman–Crippen MR) is 77.5 cm³/mol. The van der Waals surface area contributed by atoms with Gasteiger partial charge in [-0.05, 0) is 36.0 Å². The molecule has 2 rings (SSSR count). The monoisotopic (exact) mass is 263 g/mol. The number of hydrogen-bond acceptors (Lipinski definition) is 3. The summed E-state index contributed by atoms with van der Waals surface area (Å²) in [6.07, 6.45) is 3.92. The zero-order valence-corrected chi connectivity index (χ0v) is 12.1. The largest absolute Gasteiger partial charge is 0.504 e. The fourth-order valence-corrected chi connectivity index (χ4v) is 2.96. The summed E-state index contributed by atoms with van der Waals surface area (Å²) in [5.41, 5.74) is 1.10. The molecule has 1 aliphatic rings. The van der Waals surface area contributed by atoms with E-state index in [1.54, 1.807) is 13.2 Å². The number of aromatic hydroxyl groups is 1. The predicted octanol–water partition coefficient (Wildman–Crippen LogP) is 3.32. The lowest BCUT2D eigenvalue weighted by molar-refractivity contribution is 0.206. The van der Waals surface area contributed by atoms with Crippen LogP contribution in [0.3, 0.4) is 0 Å². The molecule has 2 N–H and O–H groups in total. The second-order valence-electron chi connectivity index (χ2n) is 5.76. The molecule has 19 heavy (non-hydrogen) atoms. The van der Waals surface area contributed by atoms with Crippen molar-refractivity contribution in [2.45, 2.75) is 45.7 Å². The molecule has 3 nitrogen and oxygen atoms in total. The third kappa shape index (κ3) is 3.41. The standard InChI is InChI=1S/C16H25NO2/c1-11-5-4-6-14(12(11)2)17-10-13-7-8-16(19-3)15(18)9-13/h7-9,11-12,14,17-18H,4-6,10H2,1-3H3. The molecule has 3 atom stereocenters. The van der Waals surface area contributed by atoms with Gasteiger partial charge in [-0.1, -0.05) is 32.8 Å². The average Bonchev–Trinajstić information content (AvgIpc) is 2.40. The van der Waals surface area contributed by atoms with Crippen LogP contribution in [0.25, 0.3) is 0 Å². The average molecular weight is 263 g/mol. The second kappa shape index (κ2) is 6.29. The minimum absolute atomic E-state index is 0.215. The molecule has 0 aromatic heterocycles. The van der Waals surface area contributed by atoms with E-state index in [-0.39, 0.29) is 5.75 Å². The van der Waals surface area contributed by atoms with Crippen LogP contribution < -0.4 is 10.1 Å². The summed E-state index contributed by atoms with van der Waals surface area (Å²) < 4.78 is 5.06. The molecule has 3 heteroatoms. The maximum absolute atomic E-state index is 9.77. The third-order valence-corrected chi connectivity index (χ3v) is 4.52. The van der Waals surface area contributed by atoms with Crippen molar-refractivity contribution >= 4 is 0 Å². The minimum atomic E-state index is 0.215. The molecule has 3 unspecified atom stereocenters. The first-order valence-corrected chi connectivity index (χ1v) is 7.21. The Balaban J connectivity index is 1.93. The van der Waals surface area contributed by atoms with Crippen LogP contribution in [-0.4, -0.2) is 18.3 Å². The van der Waals surface area contributed by atoms with Crippen molar-refractivity contribution in [3.8, 4) is 11.5 Å². The molecule has 1 aliphatic carbocycles. The molecule has 0 radical (unpaired) electrons. The Labute approximate surface area is 116 Å². The Morgan fingerprint density at radius 2 is 2.11 bits per heavy atom. The molecular formula is C16H25NO2.